The maximum Gasteiger partial charge on any atom is 0.149 e. The minimum Gasteiger partial charge on any atom is -0.356 e. The van der Waals surface area contributed by atoms with E-state index in [9.17, 15) is 0 Å². The van der Waals surface area contributed by atoms with Crippen LogP contribution in [0, 0.1) is 0 Å². The van der Waals surface area contributed by atoms with Gasteiger partial charge in [0, 0.05) is 37.4 Å². The summed E-state index contributed by atoms with van der Waals surface area (Å²) < 4.78 is 0. The molecule has 0 saturated carbocycles. The highest BCUT2D eigenvalue weighted by molar-refractivity contribution is 5.50. The summed E-state index contributed by atoms with van der Waals surface area (Å²) >= 11 is 0. The number of likely N-dealkylation sites (N-methyl/N-ethyl adjacent to an activating group) is 1. The summed E-state index contributed by atoms with van der Waals surface area (Å²) in [6.07, 6.45) is 9.86. The van der Waals surface area contributed by atoms with Crippen LogP contribution in [0.2, 0.25) is 0 Å². The van der Waals surface area contributed by atoms with Crippen molar-refractivity contribution in [1.29, 1.82) is 0 Å². The van der Waals surface area contributed by atoms with Crippen LogP contribution < -0.4 is 10.6 Å². The molecule has 156 valence electrons. The van der Waals surface area contributed by atoms with Crippen LogP contribution >= 0.6 is 0 Å². The predicted octanol–water partition coefficient (Wildman–Crippen LogP) is 3.87. The molecule has 2 heterocycles. The minimum atomic E-state index is -0.165. The maximum absolute atomic E-state index is 6.63. The fraction of sp³-hybridized carbons (Fsp3) is 0.583. The van der Waals surface area contributed by atoms with Gasteiger partial charge in [-0.3, -0.25) is 0 Å². The molecule has 2 N–H and O–H groups in total. The molecular weight excluding hydrogens is 358 g/mol. The number of anilines is 1. The number of fused-ring (bicyclic) bond motifs is 1. The van der Waals surface area contributed by atoms with Crippen LogP contribution in [0.1, 0.15) is 67.2 Å². The lowest BCUT2D eigenvalue weighted by atomic mass is 9.95. The summed E-state index contributed by atoms with van der Waals surface area (Å²) in [5.74, 6) is 2.01. The van der Waals surface area contributed by atoms with Crippen molar-refractivity contribution in [2.24, 2.45) is 5.73 Å². The number of aromatic nitrogens is 2. The lowest BCUT2D eigenvalue weighted by Gasteiger charge is -2.29. The SMILES string of the molecule is CN(Cc1ccccc1)CC(N)c1nc2c(c(N3CCCCCC3)n1)CCCC2. The van der Waals surface area contributed by atoms with Crippen molar-refractivity contribution < 1.29 is 0 Å². The highest BCUT2D eigenvalue weighted by atomic mass is 15.2. The van der Waals surface area contributed by atoms with Gasteiger partial charge in [0.1, 0.15) is 11.6 Å². The van der Waals surface area contributed by atoms with Crippen molar-refractivity contribution in [2.75, 3.05) is 31.6 Å². The largest absolute Gasteiger partial charge is 0.356 e. The van der Waals surface area contributed by atoms with Crippen LogP contribution in [0.3, 0.4) is 0 Å². The molecule has 0 bridgehead atoms. The summed E-state index contributed by atoms with van der Waals surface area (Å²) in [5.41, 5.74) is 10.6. The zero-order valence-corrected chi connectivity index (χ0v) is 17.8. The third kappa shape index (κ3) is 5.14. The van der Waals surface area contributed by atoms with E-state index in [-0.39, 0.29) is 6.04 Å². The molecule has 0 amide bonds. The average Bonchev–Trinajstić information content (AvgIpc) is 3.03. The third-order valence-corrected chi connectivity index (χ3v) is 6.22. The summed E-state index contributed by atoms with van der Waals surface area (Å²) in [6, 6.07) is 10.4. The number of hydrogen-bond donors (Lipinski definition) is 1. The Bertz CT molecular complexity index is 783. The van der Waals surface area contributed by atoms with Gasteiger partial charge in [-0.2, -0.15) is 0 Å². The van der Waals surface area contributed by atoms with Gasteiger partial charge in [0.15, 0.2) is 0 Å². The second-order valence-electron chi connectivity index (χ2n) is 8.73. The number of nitrogens with zero attached hydrogens (tertiary/aromatic N) is 4. The van der Waals surface area contributed by atoms with Crippen molar-refractivity contribution >= 4 is 5.82 Å². The Hall–Kier alpha value is -1.98. The molecule has 2 aliphatic rings. The standard InChI is InChI=1S/C24H35N5/c1-28(17-19-11-5-4-6-12-19)18-21(25)23-26-22-14-8-7-13-20(22)24(27-23)29-15-9-2-3-10-16-29/h4-6,11-12,21H,2-3,7-10,13-18,25H2,1H3. The number of nitrogens with two attached hydrogens (primary N) is 1. The van der Waals surface area contributed by atoms with Crippen LogP contribution in [0.15, 0.2) is 30.3 Å². The van der Waals surface area contributed by atoms with Crippen molar-refractivity contribution in [2.45, 2.75) is 64.0 Å². The Morgan fingerprint density at radius 1 is 0.966 bits per heavy atom. The van der Waals surface area contributed by atoms with Gasteiger partial charge in [-0.1, -0.05) is 43.2 Å². The van der Waals surface area contributed by atoms with Crippen LogP contribution in [-0.4, -0.2) is 41.5 Å². The summed E-state index contributed by atoms with van der Waals surface area (Å²) in [5, 5.41) is 0. The van der Waals surface area contributed by atoms with E-state index in [0.29, 0.717) is 0 Å². The van der Waals surface area contributed by atoms with Crippen LogP contribution in [0.5, 0.6) is 0 Å². The minimum absolute atomic E-state index is 0.165. The first kappa shape index (κ1) is 20.3. The lowest BCUT2D eigenvalue weighted by molar-refractivity contribution is 0.300. The molecule has 1 aliphatic heterocycles. The van der Waals surface area contributed by atoms with Gasteiger partial charge in [0.25, 0.3) is 0 Å². The second kappa shape index (κ2) is 9.68. The second-order valence-corrected chi connectivity index (χ2v) is 8.73. The first-order valence-electron chi connectivity index (χ1n) is 11.3. The number of rotatable bonds is 6. The molecular formula is C24H35N5. The van der Waals surface area contributed by atoms with Gasteiger partial charge in [-0.05, 0) is 51.1 Å². The molecule has 2 aromatic rings. The van der Waals surface area contributed by atoms with E-state index in [4.69, 9.17) is 15.7 Å². The quantitative estimate of drug-likeness (QED) is 0.807. The molecule has 1 aromatic heterocycles. The molecule has 1 aromatic carbocycles. The zero-order chi connectivity index (χ0) is 20.1. The van der Waals surface area contributed by atoms with Gasteiger partial charge >= 0.3 is 0 Å². The Morgan fingerprint density at radius 3 is 2.45 bits per heavy atom. The van der Waals surface area contributed by atoms with E-state index < -0.39 is 0 Å². The first-order chi connectivity index (χ1) is 14.2. The third-order valence-electron chi connectivity index (χ3n) is 6.22. The van der Waals surface area contributed by atoms with Gasteiger partial charge in [0.2, 0.25) is 0 Å². The molecule has 4 rings (SSSR count). The predicted molar refractivity (Wildman–Crippen MR) is 119 cm³/mol. The molecule has 1 fully saturated rings. The lowest BCUT2D eigenvalue weighted by Crippen LogP contribution is -2.33. The van der Waals surface area contributed by atoms with E-state index >= 15 is 0 Å². The van der Waals surface area contributed by atoms with Gasteiger partial charge in [-0.25, -0.2) is 9.97 Å². The first-order valence-corrected chi connectivity index (χ1v) is 11.3. The maximum atomic E-state index is 6.63. The Balaban J connectivity index is 1.53. The Kier molecular flexibility index (Phi) is 6.78. The number of aryl methyl sites for hydroxylation is 1. The van der Waals surface area contributed by atoms with E-state index in [1.54, 1.807) is 0 Å². The van der Waals surface area contributed by atoms with E-state index in [1.807, 2.05) is 0 Å². The van der Waals surface area contributed by atoms with Crippen LogP contribution in [0.4, 0.5) is 5.82 Å². The van der Waals surface area contributed by atoms with Crippen LogP contribution in [-0.2, 0) is 19.4 Å². The summed E-state index contributed by atoms with van der Waals surface area (Å²) in [4.78, 5) is 14.8. The van der Waals surface area contributed by atoms with Crippen molar-refractivity contribution in [3.8, 4) is 0 Å². The molecule has 29 heavy (non-hydrogen) atoms. The van der Waals surface area contributed by atoms with Crippen molar-refractivity contribution in [3.63, 3.8) is 0 Å². The van der Waals surface area contributed by atoms with E-state index in [2.05, 4.69) is 47.2 Å². The van der Waals surface area contributed by atoms with Crippen molar-refractivity contribution in [3.05, 3.63) is 53.0 Å². The van der Waals surface area contributed by atoms with E-state index in [0.717, 1.165) is 44.8 Å². The highest BCUT2D eigenvalue weighted by Gasteiger charge is 2.24. The summed E-state index contributed by atoms with van der Waals surface area (Å²) in [7, 11) is 2.13. The van der Waals surface area contributed by atoms with Crippen molar-refractivity contribution in [1.82, 2.24) is 14.9 Å². The molecule has 5 nitrogen and oxygen atoms in total. The smallest absolute Gasteiger partial charge is 0.149 e. The fourth-order valence-corrected chi connectivity index (χ4v) is 4.68. The van der Waals surface area contributed by atoms with Gasteiger partial charge in [0.05, 0.1) is 6.04 Å². The Labute approximate surface area is 175 Å². The number of hydrogen-bond acceptors (Lipinski definition) is 5. The molecule has 1 aliphatic carbocycles. The molecule has 1 unspecified atom stereocenters. The molecule has 1 atom stereocenters. The van der Waals surface area contributed by atoms with E-state index in [1.165, 1.54) is 61.2 Å². The summed E-state index contributed by atoms with van der Waals surface area (Å²) in [6.45, 7) is 3.88. The molecule has 0 spiro atoms. The monoisotopic (exact) mass is 393 g/mol. The topological polar surface area (TPSA) is 58.3 Å². The zero-order valence-electron chi connectivity index (χ0n) is 17.8. The molecule has 0 radical (unpaired) electrons. The highest BCUT2D eigenvalue weighted by Crippen LogP contribution is 2.30. The fourth-order valence-electron chi connectivity index (χ4n) is 4.68. The van der Waals surface area contributed by atoms with Crippen LogP contribution in [0.25, 0.3) is 0 Å². The van der Waals surface area contributed by atoms with Gasteiger partial charge in [-0.15, -0.1) is 0 Å². The normalized spacial score (nSPS) is 18.4. The number of benzene rings is 1. The Morgan fingerprint density at radius 2 is 1.69 bits per heavy atom. The molecule has 5 heteroatoms. The molecule has 1 saturated heterocycles. The van der Waals surface area contributed by atoms with Gasteiger partial charge < -0.3 is 15.5 Å². The average molecular weight is 394 g/mol.